The molecule has 1 heterocycles. The van der Waals surface area contributed by atoms with Crippen LogP contribution in [0.5, 0.6) is 0 Å². The van der Waals surface area contributed by atoms with Crippen molar-refractivity contribution in [2.75, 3.05) is 6.61 Å². The standard InChI is InChI=1S/C12H12N4O3/c1-2-19-10(17)8-16-12(13-14-15-16)11(18)9-6-4-3-5-7-9/h3-7H,2,8H2,1H3. The molecule has 2 aromatic rings. The van der Waals surface area contributed by atoms with Crippen molar-refractivity contribution in [2.45, 2.75) is 13.5 Å². The van der Waals surface area contributed by atoms with E-state index < -0.39 is 5.97 Å². The van der Waals surface area contributed by atoms with E-state index in [4.69, 9.17) is 4.74 Å². The van der Waals surface area contributed by atoms with Gasteiger partial charge in [0.1, 0.15) is 6.54 Å². The molecule has 2 rings (SSSR count). The van der Waals surface area contributed by atoms with Crippen LogP contribution in [0.3, 0.4) is 0 Å². The SMILES string of the molecule is CCOC(=O)Cn1nnnc1C(=O)c1ccccc1. The fourth-order valence-electron chi connectivity index (χ4n) is 1.52. The van der Waals surface area contributed by atoms with Crippen molar-refractivity contribution in [3.05, 3.63) is 41.7 Å². The van der Waals surface area contributed by atoms with Gasteiger partial charge in [-0.05, 0) is 17.4 Å². The van der Waals surface area contributed by atoms with Crippen LogP contribution in [-0.2, 0) is 16.1 Å². The highest BCUT2D eigenvalue weighted by atomic mass is 16.5. The van der Waals surface area contributed by atoms with Gasteiger partial charge in [-0.1, -0.05) is 30.3 Å². The van der Waals surface area contributed by atoms with E-state index in [1.165, 1.54) is 0 Å². The average Bonchev–Trinajstić information content (AvgIpc) is 2.87. The lowest BCUT2D eigenvalue weighted by atomic mass is 10.1. The van der Waals surface area contributed by atoms with E-state index in [1.807, 2.05) is 0 Å². The molecule has 0 bridgehead atoms. The molecule has 0 aliphatic carbocycles. The highest BCUT2D eigenvalue weighted by Crippen LogP contribution is 2.06. The summed E-state index contributed by atoms with van der Waals surface area (Å²) in [6.07, 6.45) is 0. The predicted molar refractivity (Wildman–Crippen MR) is 64.3 cm³/mol. The second kappa shape index (κ2) is 5.85. The maximum atomic E-state index is 12.2. The molecule has 0 aliphatic rings. The van der Waals surface area contributed by atoms with Gasteiger partial charge in [0.25, 0.3) is 0 Å². The molecule has 7 heteroatoms. The van der Waals surface area contributed by atoms with Gasteiger partial charge in [-0.15, -0.1) is 5.10 Å². The molecule has 0 atom stereocenters. The van der Waals surface area contributed by atoms with E-state index in [2.05, 4.69) is 15.5 Å². The third-order valence-corrected chi connectivity index (χ3v) is 2.36. The molecule has 0 spiro atoms. The van der Waals surface area contributed by atoms with Gasteiger partial charge in [0.15, 0.2) is 0 Å². The first-order valence-corrected chi connectivity index (χ1v) is 5.74. The first kappa shape index (κ1) is 12.9. The number of aromatic nitrogens is 4. The summed E-state index contributed by atoms with van der Waals surface area (Å²) in [7, 11) is 0. The predicted octanol–water partition coefficient (Wildman–Crippen LogP) is 0.467. The van der Waals surface area contributed by atoms with Crippen LogP contribution in [0, 0.1) is 0 Å². The number of nitrogens with zero attached hydrogens (tertiary/aromatic N) is 4. The Kier molecular flexibility index (Phi) is 3.97. The number of rotatable bonds is 5. The van der Waals surface area contributed by atoms with Crippen LogP contribution < -0.4 is 0 Å². The Morgan fingerprint density at radius 3 is 2.68 bits per heavy atom. The second-order valence-electron chi connectivity index (χ2n) is 3.66. The van der Waals surface area contributed by atoms with Crippen molar-refractivity contribution in [1.29, 1.82) is 0 Å². The Hall–Kier alpha value is -2.57. The van der Waals surface area contributed by atoms with E-state index in [9.17, 15) is 9.59 Å². The highest BCUT2D eigenvalue weighted by Gasteiger charge is 2.19. The van der Waals surface area contributed by atoms with Crippen molar-refractivity contribution in [2.24, 2.45) is 0 Å². The number of hydrogen-bond donors (Lipinski definition) is 0. The molecule has 0 fully saturated rings. The summed E-state index contributed by atoms with van der Waals surface area (Å²) in [6.45, 7) is 1.78. The smallest absolute Gasteiger partial charge is 0.327 e. The molecule has 0 unspecified atom stereocenters. The van der Waals surface area contributed by atoms with E-state index in [0.717, 1.165) is 4.68 Å². The van der Waals surface area contributed by atoms with Gasteiger partial charge in [-0.3, -0.25) is 9.59 Å². The van der Waals surface area contributed by atoms with Crippen molar-refractivity contribution >= 4 is 11.8 Å². The Bertz CT molecular complexity index is 580. The van der Waals surface area contributed by atoms with Gasteiger partial charge in [0.2, 0.25) is 11.6 Å². The minimum absolute atomic E-state index is 0.0132. The molecule has 0 amide bonds. The number of benzene rings is 1. The zero-order chi connectivity index (χ0) is 13.7. The molecule has 0 saturated heterocycles. The van der Waals surface area contributed by atoms with Crippen molar-refractivity contribution in [3.8, 4) is 0 Å². The molecule has 7 nitrogen and oxygen atoms in total. The zero-order valence-corrected chi connectivity index (χ0v) is 10.3. The molecule has 1 aromatic heterocycles. The van der Waals surface area contributed by atoms with Crippen molar-refractivity contribution in [1.82, 2.24) is 20.2 Å². The third kappa shape index (κ3) is 3.01. The van der Waals surface area contributed by atoms with E-state index in [1.54, 1.807) is 37.3 Å². The minimum atomic E-state index is -0.489. The van der Waals surface area contributed by atoms with Crippen LogP contribution in [0.2, 0.25) is 0 Å². The quantitative estimate of drug-likeness (QED) is 0.573. The normalized spacial score (nSPS) is 10.2. The van der Waals surface area contributed by atoms with Gasteiger partial charge in [-0.25, -0.2) is 4.68 Å². The molecule has 1 aromatic carbocycles. The number of hydrogen-bond acceptors (Lipinski definition) is 6. The number of tetrazole rings is 1. The Labute approximate surface area is 109 Å². The Morgan fingerprint density at radius 2 is 2.00 bits per heavy atom. The zero-order valence-electron chi connectivity index (χ0n) is 10.3. The molecular weight excluding hydrogens is 248 g/mol. The molecule has 0 radical (unpaired) electrons. The summed E-state index contributed by atoms with van der Waals surface area (Å²) in [5, 5.41) is 10.7. The number of ether oxygens (including phenoxy) is 1. The Morgan fingerprint density at radius 1 is 1.26 bits per heavy atom. The summed E-state index contributed by atoms with van der Waals surface area (Å²) < 4.78 is 5.92. The van der Waals surface area contributed by atoms with Gasteiger partial charge in [0.05, 0.1) is 6.61 Å². The minimum Gasteiger partial charge on any atom is -0.465 e. The number of carbonyl (C=O) groups is 2. The molecule has 0 saturated carbocycles. The van der Waals surface area contributed by atoms with Crippen LogP contribution in [-0.4, -0.2) is 38.6 Å². The maximum Gasteiger partial charge on any atom is 0.327 e. The monoisotopic (exact) mass is 260 g/mol. The summed E-state index contributed by atoms with van der Waals surface area (Å²) >= 11 is 0. The van der Waals surface area contributed by atoms with Crippen LogP contribution in [0.4, 0.5) is 0 Å². The van der Waals surface area contributed by atoms with E-state index >= 15 is 0 Å². The average molecular weight is 260 g/mol. The second-order valence-corrected chi connectivity index (χ2v) is 3.66. The molecule has 0 N–H and O–H groups in total. The molecule has 98 valence electrons. The van der Waals surface area contributed by atoms with Crippen LogP contribution in [0.1, 0.15) is 23.1 Å². The third-order valence-electron chi connectivity index (χ3n) is 2.36. The summed E-state index contributed by atoms with van der Waals surface area (Å²) in [5.41, 5.74) is 0.461. The molecule has 19 heavy (non-hydrogen) atoms. The first-order valence-electron chi connectivity index (χ1n) is 5.74. The van der Waals surface area contributed by atoms with Crippen LogP contribution in [0.25, 0.3) is 0 Å². The van der Waals surface area contributed by atoms with E-state index in [-0.39, 0.29) is 24.8 Å². The number of carbonyl (C=O) groups excluding carboxylic acids is 2. The van der Waals surface area contributed by atoms with Gasteiger partial charge < -0.3 is 4.74 Å². The lowest BCUT2D eigenvalue weighted by molar-refractivity contribution is -0.144. The van der Waals surface area contributed by atoms with Crippen molar-refractivity contribution < 1.29 is 14.3 Å². The molecular formula is C12H12N4O3. The fraction of sp³-hybridized carbons (Fsp3) is 0.250. The first-order chi connectivity index (χ1) is 9.22. The summed E-state index contributed by atoms with van der Waals surface area (Å²) in [5.74, 6) is -0.814. The van der Waals surface area contributed by atoms with Gasteiger partial charge >= 0.3 is 5.97 Å². The number of ketones is 1. The van der Waals surface area contributed by atoms with Gasteiger partial charge in [0, 0.05) is 5.56 Å². The highest BCUT2D eigenvalue weighted by molar-refractivity contribution is 6.06. The van der Waals surface area contributed by atoms with Crippen LogP contribution in [0.15, 0.2) is 30.3 Å². The van der Waals surface area contributed by atoms with Crippen molar-refractivity contribution in [3.63, 3.8) is 0 Å². The van der Waals surface area contributed by atoms with E-state index in [0.29, 0.717) is 5.56 Å². The van der Waals surface area contributed by atoms with Gasteiger partial charge in [-0.2, -0.15) is 0 Å². The lowest BCUT2D eigenvalue weighted by Crippen LogP contribution is -2.19. The number of esters is 1. The summed E-state index contributed by atoms with van der Waals surface area (Å²) in [6, 6.07) is 8.61. The topological polar surface area (TPSA) is 87.0 Å². The maximum absolute atomic E-state index is 12.2. The van der Waals surface area contributed by atoms with Crippen LogP contribution >= 0.6 is 0 Å². The molecule has 0 aliphatic heterocycles. The summed E-state index contributed by atoms with van der Waals surface area (Å²) in [4.78, 5) is 23.5. The Balaban J connectivity index is 2.20. The lowest BCUT2D eigenvalue weighted by Gasteiger charge is -2.03. The largest absolute Gasteiger partial charge is 0.465 e. The fourth-order valence-corrected chi connectivity index (χ4v) is 1.52.